The third kappa shape index (κ3) is 3.19. The number of rotatable bonds is 2. The Kier molecular flexibility index (Phi) is 4.17. The lowest BCUT2D eigenvalue weighted by atomic mass is 10.2. The second-order valence-electron chi connectivity index (χ2n) is 3.63. The normalized spacial score (nSPS) is 10.2. The maximum atomic E-state index is 11.9. The van der Waals surface area contributed by atoms with Crippen LogP contribution in [0.3, 0.4) is 0 Å². The van der Waals surface area contributed by atoms with Gasteiger partial charge in [-0.3, -0.25) is 4.79 Å². The molecule has 0 fully saturated rings. The molecule has 0 radical (unpaired) electrons. The fraction of sp³-hybridized carbons (Fsp3) is 0. The highest BCUT2D eigenvalue weighted by molar-refractivity contribution is 7.80. The molecule has 1 N–H and O–H groups in total. The molecule has 2 aromatic rings. The van der Waals surface area contributed by atoms with E-state index in [1.54, 1.807) is 42.5 Å². The Morgan fingerprint density at radius 2 is 1.83 bits per heavy atom. The van der Waals surface area contributed by atoms with Crippen molar-refractivity contribution < 1.29 is 4.79 Å². The molecule has 0 aliphatic rings. The fourth-order valence-corrected chi connectivity index (χ4v) is 1.95. The first-order valence-corrected chi connectivity index (χ1v) is 6.32. The molecule has 92 valence electrons. The van der Waals surface area contributed by atoms with Gasteiger partial charge in [0.2, 0.25) is 0 Å². The summed E-state index contributed by atoms with van der Waals surface area (Å²) in [6.07, 6.45) is 0. The van der Waals surface area contributed by atoms with Crippen molar-refractivity contribution in [3.8, 4) is 0 Å². The molecule has 2 nitrogen and oxygen atoms in total. The number of carbonyl (C=O) groups is 1. The summed E-state index contributed by atoms with van der Waals surface area (Å²) in [5.41, 5.74) is 1.13. The van der Waals surface area contributed by atoms with E-state index in [-0.39, 0.29) is 5.91 Å². The Labute approximate surface area is 120 Å². The average Bonchev–Trinajstić information content (AvgIpc) is 2.34. The van der Waals surface area contributed by atoms with E-state index in [2.05, 4.69) is 17.9 Å². The molecule has 5 heteroatoms. The molecule has 0 aliphatic heterocycles. The summed E-state index contributed by atoms with van der Waals surface area (Å²) in [6.45, 7) is 0. The highest BCUT2D eigenvalue weighted by Gasteiger charge is 2.07. The van der Waals surface area contributed by atoms with E-state index in [9.17, 15) is 4.79 Å². The number of thiol groups is 1. The predicted molar refractivity (Wildman–Crippen MR) is 78.1 cm³/mol. The van der Waals surface area contributed by atoms with Crippen molar-refractivity contribution in [1.29, 1.82) is 0 Å². The molecule has 0 atom stereocenters. The summed E-state index contributed by atoms with van der Waals surface area (Å²) < 4.78 is 0. The molecular formula is C13H9Cl2NOS. The van der Waals surface area contributed by atoms with Crippen LogP contribution in [-0.4, -0.2) is 5.91 Å². The highest BCUT2D eigenvalue weighted by atomic mass is 35.5. The molecule has 0 aliphatic carbocycles. The van der Waals surface area contributed by atoms with Gasteiger partial charge < -0.3 is 5.32 Å². The lowest BCUT2D eigenvalue weighted by Crippen LogP contribution is -2.11. The van der Waals surface area contributed by atoms with E-state index in [0.717, 1.165) is 4.90 Å². The Hall–Kier alpha value is -1.16. The van der Waals surface area contributed by atoms with Crippen LogP contribution >= 0.6 is 35.8 Å². The largest absolute Gasteiger partial charge is 0.322 e. The van der Waals surface area contributed by atoms with Crippen LogP contribution in [0.25, 0.3) is 0 Å². The van der Waals surface area contributed by atoms with Crippen molar-refractivity contribution in [2.24, 2.45) is 0 Å². The molecule has 18 heavy (non-hydrogen) atoms. The van der Waals surface area contributed by atoms with Gasteiger partial charge in [-0.15, -0.1) is 12.6 Å². The van der Waals surface area contributed by atoms with Gasteiger partial charge in [-0.2, -0.15) is 0 Å². The minimum Gasteiger partial charge on any atom is -0.322 e. The standard InChI is InChI=1S/C13H9Cl2NOS/c14-11-5-4-9(7-12(11)15)16-13(17)8-2-1-3-10(18)6-8/h1-7,18H,(H,16,17). The molecule has 0 aromatic heterocycles. The Morgan fingerprint density at radius 1 is 1.06 bits per heavy atom. The maximum Gasteiger partial charge on any atom is 0.255 e. The molecule has 1 amide bonds. The Morgan fingerprint density at radius 3 is 2.50 bits per heavy atom. The van der Waals surface area contributed by atoms with Crippen LogP contribution in [0.2, 0.25) is 10.0 Å². The van der Waals surface area contributed by atoms with Gasteiger partial charge in [0.05, 0.1) is 10.0 Å². The van der Waals surface area contributed by atoms with Crippen molar-refractivity contribution in [1.82, 2.24) is 0 Å². The van der Waals surface area contributed by atoms with Crippen molar-refractivity contribution in [2.45, 2.75) is 4.90 Å². The topological polar surface area (TPSA) is 29.1 Å². The number of hydrogen-bond donors (Lipinski definition) is 2. The minimum absolute atomic E-state index is 0.218. The summed E-state index contributed by atoms with van der Waals surface area (Å²) in [6, 6.07) is 11.9. The van der Waals surface area contributed by atoms with E-state index in [0.29, 0.717) is 21.3 Å². The molecule has 0 spiro atoms. The number of halogens is 2. The summed E-state index contributed by atoms with van der Waals surface area (Å²) in [5, 5.41) is 3.59. The number of benzene rings is 2. The summed E-state index contributed by atoms with van der Waals surface area (Å²) in [4.78, 5) is 12.7. The van der Waals surface area contributed by atoms with Crippen molar-refractivity contribution in [2.75, 3.05) is 5.32 Å². The Balaban J connectivity index is 2.18. The number of nitrogens with one attached hydrogen (secondary N) is 1. The van der Waals surface area contributed by atoms with Crippen LogP contribution in [-0.2, 0) is 0 Å². The van der Waals surface area contributed by atoms with Gasteiger partial charge in [-0.25, -0.2) is 0 Å². The van der Waals surface area contributed by atoms with Gasteiger partial charge in [-0.1, -0.05) is 29.3 Å². The average molecular weight is 298 g/mol. The van der Waals surface area contributed by atoms with Crippen LogP contribution in [0.4, 0.5) is 5.69 Å². The first-order valence-electron chi connectivity index (χ1n) is 5.12. The number of anilines is 1. The molecule has 0 bridgehead atoms. The molecule has 0 saturated heterocycles. The quantitative estimate of drug-likeness (QED) is 0.783. The smallest absolute Gasteiger partial charge is 0.255 e. The maximum absolute atomic E-state index is 11.9. The SMILES string of the molecule is O=C(Nc1ccc(Cl)c(Cl)c1)c1cccc(S)c1. The number of carbonyl (C=O) groups excluding carboxylic acids is 1. The first kappa shape index (κ1) is 13.3. The second kappa shape index (κ2) is 5.65. The summed E-state index contributed by atoms with van der Waals surface area (Å²) >= 11 is 15.9. The molecule has 0 saturated carbocycles. The van der Waals surface area contributed by atoms with Crippen LogP contribution in [0.15, 0.2) is 47.4 Å². The number of amides is 1. The lowest BCUT2D eigenvalue weighted by molar-refractivity contribution is 0.102. The van der Waals surface area contributed by atoms with Gasteiger partial charge in [0, 0.05) is 16.1 Å². The molecule has 2 aromatic carbocycles. The van der Waals surface area contributed by atoms with Gasteiger partial charge in [0.15, 0.2) is 0 Å². The monoisotopic (exact) mass is 297 g/mol. The van der Waals surface area contributed by atoms with Gasteiger partial charge >= 0.3 is 0 Å². The van der Waals surface area contributed by atoms with Crippen molar-refractivity contribution >= 4 is 47.4 Å². The molecule has 2 rings (SSSR count). The summed E-state index contributed by atoms with van der Waals surface area (Å²) in [5.74, 6) is -0.218. The van der Waals surface area contributed by atoms with Gasteiger partial charge in [-0.05, 0) is 36.4 Å². The zero-order valence-corrected chi connectivity index (χ0v) is 11.6. The van der Waals surface area contributed by atoms with Crippen LogP contribution < -0.4 is 5.32 Å². The van der Waals surface area contributed by atoms with E-state index >= 15 is 0 Å². The zero-order valence-electron chi connectivity index (χ0n) is 9.15. The third-order valence-electron chi connectivity index (χ3n) is 2.29. The van der Waals surface area contributed by atoms with Crippen LogP contribution in [0.1, 0.15) is 10.4 Å². The van der Waals surface area contributed by atoms with E-state index in [1.807, 2.05) is 0 Å². The number of hydrogen-bond acceptors (Lipinski definition) is 2. The van der Waals surface area contributed by atoms with Crippen LogP contribution in [0.5, 0.6) is 0 Å². The van der Waals surface area contributed by atoms with Gasteiger partial charge in [0.25, 0.3) is 5.91 Å². The minimum atomic E-state index is -0.218. The third-order valence-corrected chi connectivity index (χ3v) is 3.30. The van der Waals surface area contributed by atoms with E-state index in [4.69, 9.17) is 23.2 Å². The van der Waals surface area contributed by atoms with Crippen molar-refractivity contribution in [3.63, 3.8) is 0 Å². The lowest BCUT2D eigenvalue weighted by Gasteiger charge is -2.06. The zero-order chi connectivity index (χ0) is 13.1. The van der Waals surface area contributed by atoms with Gasteiger partial charge in [0.1, 0.15) is 0 Å². The fourth-order valence-electron chi connectivity index (χ4n) is 1.42. The molecule has 0 heterocycles. The predicted octanol–water partition coefficient (Wildman–Crippen LogP) is 4.53. The molecule has 0 unspecified atom stereocenters. The second-order valence-corrected chi connectivity index (χ2v) is 4.96. The molecular weight excluding hydrogens is 289 g/mol. The highest BCUT2D eigenvalue weighted by Crippen LogP contribution is 2.25. The van der Waals surface area contributed by atoms with Crippen molar-refractivity contribution in [3.05, 3.63) is 58.1 Å². The van der Waals surface area contributed by atoms with E-state index < -0.39 is 0 Å². The first-order chi connectivity index (χ1) is 8.56. The Bertz CT molecular complexity index is 601. The van der Waals surface area contributed by atoms with E-state index in [1.165, 1.54) is 0 Å². The van der Waals surface area contributed by atoms with Crippen LogP contribution in [0, 0.1) is 0 Å². The summed E-state index contributed by atoms with van der Waals surface area (Å²) in [7, 11) is 0.